The normalized spacial score (nSPS) is 19.0. The fourth-order valence-corrected chi connectivity index (χ4v) is 4.90. The standard InChI is InChI=1S/C23H23NO2/c25-22-17-10-4-5-11-18(17)23(26)21-19(24-12-6-7-13-24)14-15-8-2-1-3-9-16(15)20(21)22/h4-5,10-11,14H,1-3,6-9,12-13H2. The van der Waals surface area contributed by atoms with Crippen LogP contribution in [0.1, 0.15) is 75.1 Å². The second kappa shape index (κ2) is 6.08. The third-order valence-corrected chi connectivity index (χ3v) is 6.20. The van der Waals surface area contributed by atoms with Crippen LogP contribution >= 0.6 is 0 Å². The highest BCUT2D eigenvalue weighted by Crippen LogP contribution is 2.40. The minimum atomic E-state index is 0.0316. The Morgan fingerprint density at radius 1 is 0.731 bits per heavy atom. The average molecular weight is 345 g/mol. The van der Waals surface area contributed by atoms with Gasteiger partial charge in [-0.15, -0.1) is 0 Å². The topological polar surface area (TPSA) is 37.4 Å². The minimum absolute atomic E-state index is 0.0316. The molecule has 3 heteroatoms. The van der Waals surface area contributed by atoms with Crippen LogP contribution in [0.5, 0.6) is 0 Å². The van der Waals surface area contributed by atoms with E-state index < -0.39 is 0 Å². The van der Waals surface area contributed by atoms with Gasteiger partial charge in [-0.05, 0) is 55.7 Å². The molecule has 1 fully saturated rings. The van der Waals surface area contributed by atoms with Crippen molar-refractivity contribution in [3.8, 4) is 0 Å². The summed E-state index contributed by atoms with van der Waals surface area (Å²) >= 11 is 0. The van der Waals surface area contributed by atoms with Gasteiger partial charge in [0.15, 0.2) is 11.6 Å². The van der Waals surface area contributed by atoms with Crippen LogP contribution in [0.2, 0.25) is 0 Å². The molecule has 2 aromatic carbocycles. The van der Waals surface area contributed by atoms with Crippen molar-refractivity contribution < 1.29 is 9.59 Å². The molecule has 0 aromatic heterocycles. The Balaban J connectivity index is 1.81. The molecule has 5 rings (SSSR count). The van der Waals surface area contributed by atoms with Gasteiger partial charge in [-0.3, -0.25) is 9.59 Å². The second-order valence-corrected chi connectivity index (χ2v) is 7.74. The molecule has 26 heavy (non-hydrogen) atoms. The van der Waals surface area contributed by atoms with Gasteiger partial charge in [0.1, 0.15) is 0 Å². The van der Waals surface area contributed by atoms with Crippen molar-refractivity contribution in [2.24, 2.45) is 0 Å². The van der Waals surface area contributed by atoms with Gasteiger partial charge in [-0.1, -0.05) is 30.7 Å². The Morgan fingerprint density at radius 2 is 1.38 bits per heavy atom. The van der Waals surface area contributed by atoms with E-state index in [9.17, 15) is 9.59 Å². The number of aryl methyl sites for hydroxylation is 1. The van der Waals surface area contributed by atoms with E-state index in [2.05, 4.69) is 11.0 Å². The maximum Gasteiger partial charge on any atom is 0.196 e. The van der Waals surface area contributed by atoms with Crippen LogP contribution in [0.25, 0.3) is 0 Å². The number of carbonyl (C=O) groups is 2. The first-order valence-electron chi connectivity index (χ1n) is 9.88. The molecule has 0 radical (unpaired) electrons. The van der Waals surface area contributed by atoms with E-state index in [1.54, 1.807) is 6.07 Å². The quantitative estimate of drug-likeness (QED) is 0.616. The number of ketones is 2. The van der Waals surface area contributed by atoms with Crippen molar-refractivity contribution in [2.75, 3.05) is 18.0 Å². The van der Waals surface area contributed by atoms with E-state index in [4.69, 9.17) is 0 Å². The summed E-state index contributed by atoms with van der Waals surface area (Å²) in [6.45, 7) is 1.96. The second-order valence-electron chi connectivity index (χ2n) is 7.74. The maximum absolute atomic E-state index is 13.4. The molecule has 0 unspecified atom stereocenters. The lowest BCUT2D eigenvalue weighted by molar-refractivity contribution is 0.0978. The van der Waals surface area contributed by atoms with Gasteiger partial charge < -0.3 is 4.90 Å². The first-order chi connectivity index (χ1) is 12.8. The highest BCUT2D eigenvalue weighted by Gasteiger charge is 2.36. The van der Waals surface area contributed by atoms with Gasteiger partial charge >= 0.3 is 0 Å². The van der Waals surface area contributed by atoms with Crippen molar-refractivity contribution in [1.29, 1.82) is 0 Å². The first kappa shape index (κ1) is 15.8. The third-order valence-electron chi connectivity index (χ3n) is 6.20. The Labute approximate surface area is 154 Å². The van der Waals surface area contributed by atoms with Crippen LogP contribution in [0.15, 0.2) is 30.3 Å². The monoisotopic (exact) mass is 345 g/mol. The molecular formula is C23H23NO2. The zero-order valence-electron chi connectivity index (χ0n) is 15.0. The smallest absolute Gasteiger partial charge is 0.196 e. The fourth-order valence-electron chi connectivity index (χ4n) is 4.90. The third kappa shape index (κ3) is 2.26. The number of hydrogen-bond donors (Lipinski definition) is 0. The van der Waals surface area contributed by atoms with E-state index >= 15 is 0 Å². The Morgan fingerprint density at radius 3 is 2.12 bits per heavy atom. The molecule has 0 N–H and O–H groups in total. The largest absolute Gasteiger partial charge is 0.371 e. The summed E-state index contributed by atoms with van der Waals surface area (Å²) in [5, 5.41) is 0. The average Bonchev–Trinajstić information content (AvgIpc) is 3.10. The number of fused-ring (bicyclic) bond motifs is 4. The number of hydrogen-bond acceptors (Lipinski definition) is 3. The minimum Gasteiger partial charge on any atom is -0.371 e. The SMILES string of the molecule is O=C1c2ccccc2C(=O)c2c3c(cc(N4CCCC4)c21)CCCCC3. The molecule has 0 bridgehead atoms. The van der Waals surface area contributed by atoms with Crippen LogP contribution < -0.4 is 4.90 Å². The number of anilines is 1. The van der Waals surface area contributed by atoms with Crippen LogP contribution in [0.4, 0.5) is 5.69 Å². The highest BCUT2D eigenvalue weighted by atomic mass is 16.1. The van der Waals surface area contributed by atoms with Gasteiger partial charge in [0, 0.05) is 35.5 Å². The number of rotatable bonds is 1. The lowest BCUT2D eigenvalue weighted by Gasteiger charge is -2.29. The molecule has 0 atom stereocenters. The van der Waals surface area contributed by atoms with Crippen LogP contribution in [0, 0.1) is 0 Å². The Kier molecular flexibility index (Phi) is 3.70. The summed E-state index contributed by atoms with van der Waals surface area (Å²) in [5.41, 5.74) is 5.99. The predicted molar refractivity (Wildman–Crippen MR) is 102 cm³/mol. The molecule has 0 spiro atoms. The molecule has 1 aliphatic heterocycles. The van der Waals surface area contributed by atoms with E-state index in [-0.39, 0.29) is 11.6 Å². The van der Waals surface area contributed by atoms with Gasteiger partial charge in [-0.2, -0.15) is 0 Å². The van der Waals surface area contributed by atoms with E-state index in [1.807, 2.05) is 18.2 Å². The van der Waals surface area contributed by atoms with Gasteiger partial charge in [-0.25, -0.2) is 0 Å². The zero-order chi connectivity index (χ0) is 17.7. The number of carbonyl (C=O) groups excluding carboxylic acids is 2. The van der Waals surface area contributed by atoms with Crippen molar-refractivity contribution in [1.82, 2.24) is 0 Å². The summed E-state index contributed by atoms with van der Waals surface area (Å²) in [6.07, 6.45) is 7.72. The molecule has 132 valence electrons. The zero-order valence-corrected chi connectivity index (χ0v) is 15.0. The summed E-state index contributed by atoms with van der Waals surface area (Å²) in [6, 6.07) is 9.57. The molecule has 3 aliphatic rings. The predicted octanol–water partition coefficient (Wildman–Crippen LogP) is 4.33. The van der Waals surface area contributed by atoms with Crippen molar-refractivity contribution in [3.63, 3.8) is 0 Å². The molecule has 0 saturated carbocycles. The molecule has 1 saturated heterocycles. The van der Waals surface area contributed by atoms with Crippen molar-refractivity contribution >= 4 is 17.3 Å². The summed E-state index contributed by atoms with van der Waals surface area (Å²) in [5.74, 6) is 0.0820. The highest BCUT2D eigenvalue weighted by molar-refractivity contribution is 6.30. The summed E-state index contributed by atoms with van der Waals surface area (Å²) in [4.78, 5) is 29.2. The molecule has 3 nitrogen and oxygen atoms in total. The molecular weight excluding hydrogens is 322 g/mol. The molecule has 2 aromatic rings. The van der Waals surface area contributed by atoms with E-state index in [0.717, 1.165) is 62.0 Å². The lowest BCUT2D eigenvalue weighted by Crippen LogP contribution is -2.28. The molecule has 0 amide bonds. The van der Waals surface area contributed by atoms with Crippen molar-refractivity contribution in [2.45, 2.75) is 44.9 Å². The van der Waals surface area contributed by atoms with Crippen LogP contribution in [0.3, 0.4) is 0 Å². The van der Waals surface area contributed by atoms with Crippen molar-refractivity contribution in [3.05, 3.63) is 63.7 Å². The first-order valence-corrected chi connectivity index (χ1v) is 9.88. The Hall–Kier alpha value is -2.42. The number of benzene rings is 2. The van der Waals surface area contributed by atoms with Crippen LogP contribution in [-0.2, 0) is 12.8 Å². The molecule has 2 aliphatic carbocycles. The fraction of sp³-hybridized carbons (Fsp3) is 0.391. The number of nitrogens with zero attached hydrogens (tertiary/aromatic N) is 1. The van der Waals surface area contributed by atoms with Gasteiger partial charge in [0.2, 0.25) is 0 Å². The van der Waals surface area contributed by atoms with E-state index in [0.29, 0.717) is 16.7 Å². The van der Waals surface area contributed by atoms with Gasteiger partial charge in [0.05, 0.1) is 5.56 Å². The van der Waals surface area contributed by atoms with Gasteiger partial charge in [0.25, 0.3) is 0 Å². The summed E-state index contributed by atoms with van der Waals surface area (Å²) in [7, 11) is 0. The summed E-state index contributed by atoms with van der Waals surface area (Å²) < 4.78 is 0. The van der Waals surface area contributed by atoms with E-state index in [1.165, 1.54) is 18.4 Å². The maximum atomic E-state index is 13.4. The van der Waals surface area contributed by atoms with Crippen LogP contribution in [-0.4, -0.2) is 24.7 Å². The molecule has 1 heterocycles. The lowest BCUT2D eigenvalue weighted by atomic mass is 9.78. The Bertz CT molecular complexity index is 922.